The van der Waals surface area contributed by atoms with Crippen LogP contribution in [0.2, 0.25) is 0 Å². The summed E-state index contributed by atoms with van der Waals surface area (Å²) in [6.45, 7) is 13.0. The van der Waals surface area contributed by atoms with Crippen molar-refractivity contribution in [1.29, 1.82) is 0 Å². The molecule has 0 saturated carbocycles. The van der Waals surface area contributed by atoms with Crippen LogP contribution < -0.4 is 10.6 Å². The molecule has 3 aliphatic rings. The van der Waals surface area contributed by atoms with E-state index in [-0.39, 0.29) is 29.5 Å². The van der Waals surface area contributed by atoms with Crippen molar-refractivity contribution in [2.24, 2.45) is 10.9 Å². The van der Waals surface area contributed by atoms with Crippen molar-refractivity contribution < 1.29 is 4.74 Å². The molecule has 0 aliphatic carbocycles. The molecule has 30 heavy (non-hydrogen) atoms. The van der Waals surface area contributed by atoms with Gasteiger partial charge in [-0.05, 0) is 44.0 Å². The molecule has 0 aromatic heterocycles. The molecule has 3 rings (SSSR count). The lowest BCUT2D eigenvalue weighted by atomic mass is 9.95. The van der Waals surface area contributed by atoms with Gasteiger partial charge in [0.05, 0.1) is 13.2 Å². The highest BCUT2D eigenvalue weighted by Gasteiger charge is 2.40. The highest BCUT2D eigenvalue weighted by molar-refractivity contribution is 14.0. The summed E-state index contributed by atoms with van der Waals surface area (Å²) in [6.07, 6.45) is 6.72. The number of morpholine rings is 1. The van der Waals surface area contributed by atoms with Crippen LogP contribution in [0.1, 0.15) is 46.0 Å². The predicted molar refractivity (Wildman–Crippen MR) is 141 cm³/mol. The van der Waals surface area contributed by atoms with Gasteiger partial charge in [-0.15, -0.1) is 24.0 Å². The minimum Gasteiger partial charge on any atom is -0.379 e. The monoisotopic (exact) mass is 553 g/mol. The van der Waals surface area contributed by atoms with Crippen LogP contribution in [-0.4, -0.2) is 98.4 Å². The van der Waals surface area contributed by atoms with Crippen molar-refractivity contribution in [3.8, 4) is 0 Å². The first-order chi connectivity index (χ1) is 14.1. The van der Waals surface area contributed by atoms with Gasteiger partial charge in [0, 0.05) is 50.6 Å². The van der Waals surface area contributed by atoms with Crippen LogP contribution in [-0.2, 0) is 4.74 Å². The Morgan fingerprint density at radius 2 is 1.77 bits per heavy atom. The second kappa shape index (κ2) is 13.7. The SMILES string of the molecule is CN=C(NCC(C(C)C)N1CCCCCC1)NCC1(N2CCOCC2)CCSC1.I. The van der Waals surface area contributed by atoms with E-state index in [1.54, 1.807) is 0 Å². The molecule has 8 heteroatoms. The van der Waals surface area contributed by atoms with Crippen molar-refractivity contribution >= 4 is 41.7 Å². The maximum absolute atomic E-state index is 5.60. The second-order valence-corrected chi connectivity index (χ2v) is 10.3. The normalized spacial score (nSPS) is 28.1. The molecule has 176 valence electrons. The number of ether oxygens (including phenoxy) is 1. The highest BCUT2D eigenvalue weighted by Crippen LogP contribution is 2.33. The molecule has 3 saturated heterocycles. The summed E-state index contributed by atoms with van der Waals surface area (Å²) in [7, 11) is 1.90. The van der Waals surface area contributed by atoms with Crippen molar-refractivity contribution in [1.82, 2.24) is 20.4 Å². The number of halogens is 1. The van der Waals surface area contributed by atoms with E-state index in [0.717, 1.165) is 45.4 Å². The van der Waals surface area contributed by atoms with E-state index in [0.29, 0.717) is 12.0 Å². The third kappa shape index (κ3) is 7.39. The number of thioether (sulfide) groups is 1. The Bertz CT molecular complexity index is 502. The van der Waals surface area contributed by atoms with Crippen molar-refractivity contribution in [2.45, 2.75) is 57.5 Å². The summed E-state index contributed by atoms with van der Waals surface area (Å²) in [5.41, 5.74) is 0.244. The van der Waals surface area contributed by atoms with Crippen LogP contribution in [0.15, 0.2) is 4.99 Å². The molecule has 3 heterocycles. The Kier molecular flexibility index (Phi) is 12.1. The van der Waals surface area contributed by atoms with Crippen LogP contribution in [0.4, 0.5) is 0 Å². The fraction of sp³-hybridized carbons (Fsp3) is 0.955. The van der Waals surface area contributed by atoms with Gasteiger partial charge in [0.1, 0.15) is 0 Å². The molecule has 2 unspecified atom stereocenters. The molecular formula is C22H44IN5OS. The number of nitrogens with one attached hydrogen (secondary N) is 2. The van der Waals surface area contributed by atoms with Crippen LogP contribution >= 0.6 is 35.7 Å². The minimum atomic E-state index is 0. The first-order valence-electron chi connectivity index (χ1n) is 11.7. The van der Waals surface area contributed by atoms with E-state index >= 15 is 0 Å². The largest absolute Gasteiger partial charge is 0.379 e. The second-order valence-electron chi connectivity index (χ2n) is 9.19. The van der Waals surface area contributed by atoms with E-state index in [1.807, 2.05) is 7.05 Å². The maximum atomic E-state index is 5.60. The van der Waals surface area contributed by atoms with Gasteiger partial charge in [0.2, 0.25) is 0 Å². The Balaban J connectivity index is 0.00000320. The smallest absolute Gasteiger partial charge is 0.191 e. The molecule has 0 bridgehead atoms. The number of likely N-dealkylation sites (tertiary alicyclic amines) is 1. The lowest BCUT2D eigenvalue weighted by molar-refractivity contribution is -0.0120. The van der Waals surface area contributed by atoms with E-state index in [1.165, 1.54) is 56.7 Å². The summed E-state index contributed by atoms with van der Waals surface area (Å²) >= 11 is 2.09. The molecule has 6 nitrogen and oxygen atoms in total. The molecule has 2 atom stereocenters. The number of hydrogen-bond donors (Lipinski definition) is 2. The van der Waals surface area contributed by atoms with Gasteiger partial charge in [-0.3, -0.25) is 14.8 Å². The minimum absolute atomic E-state index is 0. The summed E-state index contributed by atoms with van der Waals surface area (Å²) in [6, 6.07) is 0.571. The summed E-state index contributed by atoms with van der Waals surface area (Å²) in [5, 5.41) is 7.34. The third-order valence-corrected chi connectivity index (χ3v) is 8.17. The molecule has 0 amide bonds. The summed E-state index contributed by atoms with van der Waals surface area (Å²) < 4.78 is 5.60. The average molecular weight is 554 g/mol. The summed E-state index contributed by atoms with van der Waals surface area (Å²) in [5.74, 6) is 4.06. The first kappa shape index (κ1) is 26.5. The van der Waals surface area contributed by atoms with Gasteiger partial charge in [-0.25, -0.2) is 0 Å². The van der Waals surface area contributed by atoms with Gasteiger partial charge in [-0.1, -0.05) is 26.7 Å². The van der Waals surface area contributed by atoms with Gasteiger partial charge in [0.15, 0.2) is 5.96 Å². The molecular weight excluding hydrogens is 509 g/mol. The van der Waals surface area contributed by atoms with Crippen molar-refractivity contribution in [2.75, 3.05) is 71.0 Å². The first-order valence-corrected chi connectivity index (χ1v) is 12.9. The molecule has 2 N–H and O–H groups in total. The Morgan fingerprint density at radius 3 is 2.33 bits per heavy atom. The average Bonchev–Trinajstić information content (AvgIpc) is 3.07. The standard InChI is InChI=1S/C22H43N5OS.HI/c1-19(2)20(26-9-6-4-5-7-10-26)16-24-21(23-3)25-17-22(8-15-29-18-22)27-11-13-28-14-12-27;/h19-20H,4-18H2,1-3H3,(H2,23,24,25);1H. The van der Waals surface area contributed by atoms with Crippen LogP contribution in [0.3, 0.4) is 0 Å². The predicted octanol–water partition coefficient (Wildman–Crippen LogP) is 2.88. The Labute approximate surface area is 205 Å². The lowest BCUT2D eigenvalue weighted by Gasteiger charge is -2.43. The van der Waals surface area contributed by atoms with E-state index in [4.69, 9.17) is 4.74 Å². The quantitative estimate of drug-likeness (QED) is 0.288. The van der Waals surface area contributed by atoms with Gasteiger partial charge < -0.3 is 15.4 Å². The molecule has 0 radical (unpaired) electrons. The Hall–Kier alpha value is 0.230. The zero-order valence-corrected chi connectivity index (χ0v) is 22.5. The lowest BCUT2D eigenvalue weighted by Crippen LogP contribution is -2.60. The topological polar surface area (TPSA) is 52.1 Å². The van der Waals surface area contributed by atoms with Crippen LogP contribution in [0.5, 0.6) is 0 Å². The van der Waals surface area contributed by atoms with Gasteiger partial charge in [0.25, 0.3) is 0 Å². The fourth-order valence-corrected chi connectivity index (χ4v) is 6.50. The van der Waals surface area contributed by atoms with Crippen molar-refractivity contribution in [3.05, 3.63) is 0 Å². The number of guanidine groups is 1. The molecule has 3 aliphatic heterocycles. The van der Waals surface area contributed by atoms with Gasteiger partial charge in [-0.2, -0.15) is 11.8 Å². The molecule has 0 aromatic carbocycles. The zero-order chi connectivity index (χ0) is 20.5. The number of rotatable bonds is 7. The van der Waals surface area contributed by atoms with Crippen molar-refractivity contribution in [3.63, 3.8) is 0 Å². The number of aliphatic imine (C=N–C) groups is 1. The van der Waals surface area contributed by atoms with Crippen LogP contribution in [0.25, 0.3) is 0 Å². The molecule has 3 fully saturated rings. The van der Waals surface area contributed by atoms with Gasteiger partial charge >= 0.3 is 0 Å². The van der Waals surface area contributed by atoms with Crippen LogP contribution in [0, 0.1) is 5.92 Å². The zero-order valence-electron chi connectivity index (χ0n) is 19.3. The fourth-order valence-electron chi connectivity index (χ4n) is 5.02. The maximum Gasteiger partial charge on any atom is 0.191 e. The highest BCUT2D eigenvalue weighted by atomic mass is 127. The van der Waals surface area contributed by atoms with E-state index in [2.05, 4.69) is 51.0 Å². The number of hydrogen-bond acceptors (Lipinski definition) is 5. The molecule has 0 spiro atoms. The summed E-state index contributed by atoms with van der Waals surface area (Å²) in [4.78, 5) is 9.91. The molecule has 0 aromatic rings. The third-order valence-electron chi connectivity index (χ3n) is 6.93. The van der Waals surface area contributed by atoms with E-state index < -0.39 is 0 Å². The Morgan fingerprint density at radius 1 is 1.07 bits per heavy atom. The van der Waals surface area contributed by atoms with E-state index in [9.17, 15) is 0 Å². The number of nitrogens with zero attached hydrogens (tertiary/aromatic N) is 3.